The average molecular weight is 337 g/mol. The van der Waals surface area contributed by atoms with E-state index in [0.717, 1.165) is 16.5 Å². The van der Waals surface area contributed by atoms with Crippen molar-refractivity contribution in [3.8, 4) is 11.1 Å². The number of hydrogen-bond acceptors (Lipinski definition) is 4. The number of aromatic amines is 1. The molecule has 6 nitrogen and oxygen atoms in total. The van der Waals surface area contributed by atoms with Crippen LogP contribution >= 0.6 is 12.4 Å². The summed E-state index contributed by atoms with van der Waals surface area (Å²) < 4.78 is 23.7. The molecule has 2 heterocycles. The number of aromatic nitrogens is 2. The second-order valence-corrected chi connectivity index (χ2v) is 5.03. The van der Waals surface area contributed by atoms with Crippen LogP contribution in [0.25, 0.3) is 22.2 Å². The van der Waals surface area contributed by atoms with Gasteiger partial charge in [0.1, 0.15) is 5.65 Å². The number of H-pyrrole nitrogens is 1. The number of rotatable bonds is 3. The number of anilines is 1. The minimum absolute atomic E-state index is 0. The molecular formula is C14H11ClN3O3S-. The maximum atomic E-state index is 11.3. The maximum Gasteiger partial charge on any atom is 0.249 e. The molecule has 1 atom stereocenters. The lowest BCUT2D eigenvalue weighted by Gasteiger charge is -2.11. The van der Waals surface area contributed by atoms with Gasteiger partial charge in [0.05, 0.1) is 0 Å². The first-order valence-electron chi connectivity index (χ1n) is 6.08. The molecule has 0 aliphatic heterocycles. The number of nitrogens with one attached hydrogen (secondary N) is 2. The van der Waals surface area contributed by atoms with Crippen molar-refractivity contribution in [3.63, 3.8) is 0 Å². The summed E-state index contributed by atoms with van der Waals surface area (Å²) in [7, 11) is 0. The molecule has 0 bridgehead atoms. The molecule has 0 aliphatic rings. The van der Waals surface area contributed by atoms with E-state index >= 15 is 0 Å². The lowest BCUT2D eigenvalue weighted by molar-refractivity contribution is 0.542. The highest BCUT2D eigenvalue weighted by Gasteiger charge is 2.06. The quantitative estimate of drug-likeness (QED) is 0.716. The van der Waals surface area contributed by atoms with Crippen LogP contribution in [-0.4, -0.2) is 18.7 Å². The smallest absolute Gasteiger partial charge is 0.249 e. The van der Waals surface area contributed by atoms with Crippen molar-refractivity contribution in [1.29, 1.82) is 0 Å². The first kappa shape index (κ1) is 16.2. The minimum Gasteiger partial charge on any atom is -0.755 e. The van der Waals surface area contributed by atoms with E-state index in [2.05, 4.69) is 14.7 Å². The van der Waals surface area contributed by atoms with Gasteiger partial charge in [-0.1, -0.05) is 12.1 Å². The lowest BCUT2D eigenvalue weighted by Crippen LogP contribution is -2.04. The van der Waals surface area contributed by atoms with Gasteiger partial charge >= 0.3 is 0 Å². The van der Waals surface area contributed by atoms with Crippen LogP contribution < -0.4 is 10.3 Å². The molecule has 1 aromatic carbocycles. The average Bonchev–Trinajstić information content (AvgIpc) is 2.46. The summed E-state index contributed by atoms with van der Waals surface area (Å²) in [4.78, 5) is 18.1. The number of halogens is 1. The molecule has 1 unspecified atom stereocenters. The van der Waals surface area contributed by atoms with Crippen molar-refractivity contribution < 1.29 is 8.76 Å². The molecular weight excluding hydrogens is 326 g/mol. The third-order valence-electron chi connectivity index (χ3n) is 3.01. The van der Waals surface area contributed by atoms with E-state index in [1.165, 1.54) is 6.07 Å². The number of hydrogen-bond donors (Lipinski definition) is 2. The first-order valence-corrected chi connectivity index (χ1v) is 7.15. The molecule has 0 saturated heterocycles. The van der Waals surface area contributed by atoms with Gasteiger partial charge in [-0.3, -0.25) is 9.00 Å². The van der Waals surface area contributed by atoms with Crippen LogP contribution in [0.5, 0.6) is 0 Å². The highest BCUT2D eigenvalue weighted by Crippen LogP contribution is 2.27. The van der Waals surface area contributed by atoms with Gasteiger partial charge in [0.15, 0.2) is 0 Å². The summed E-state index contributed by atoms with van der Waals surface area (Å²) in [6.45, 7) is 0. The molecule has 2 N–H and O–H groups in total. The van der Waals surface area contributed by atoms with E-state index < -0.39 is 11.3 Å². The highest BCUT2D eigenvalue weighted by molar-refractivity contribution is 7.80. The van der Waals surface area contributed by atoms with Crippen LogP contribution in [0.4, 0.5) is 5.69 Å². The van der Waals surface area contributed by atoms with Crippen molar-refractivity contribution in [2.75, 3.05) is 4.72 Å². The molecule has 0 amide bonds. The monoisotopic (exact) mass is 336 g/mol. The molecule has 0 radical (unpaired) electrons. The van der Waals surface area contributed by atoms with Crippen molar-refractivity contribution >= 4 is 40.4 Å². The Bertz CT molecular complexity index is 898. The van der Waals surface area contributed by atoms with E-state index in [4.69, 9.17) is 0 Å². The molecule has 0 aliphatic carbocycles. The normalized spacial score (nSPS) is 11.7. The van der Waals surface area contributed by atoms with Gasteiger partial charge in [-0.05, 0) is 35.4 Å². The van der Waals surface area contributed by atoms with Gasteiger partial charge in [0.25, 0.3) is 0 Å². The van der Waals surface area contributed by atoms with Crippen LogP contribution in [0.1, 0.15) is 0 Å². The molecule has 3 rings (SSSR count). The van der Waals surface area contributed by atoms with Crippen LogP contribution in [-0.2, 0) is 11.3 Å². The number of benzene rings is 1. The van der Waals surface area contributed by atoms with Crippen molar-refractivity contribution in [3.05, 3.63) is 59.0 Å². The Morgan fingerprint density at radius 2 is 2.00 bits per heavy atom. The van der Waals surface area contributed by atoms with Crippen molar-refractivity contribution in [2.45, 2.75) is 0 Å². The standard InChI is InChI=1S/C14H11N3O3S.ClH/c18-13-5-4-12-11(6-7-15-14(12)16-13)9-2-1-3-10(8-9)17-21(19)20;/h1-8,17H,(H,19,20)(H,15,16,18);1H/p-1. The Balaban J connectivity index is 0.00000176. The zero-order valence-corrected chi connectivity index (χ0v) is 12.7. The first-order chi connectivity index (χ1) is 10.1. The van der Waals surface area contributed by atoms with Gasteiger partial charge in [0, 0.05) is 34.6 Å². The van der Waals surface area contributed by atoms with Crippen LogP contribution in [0.3, 0.4) is 0 Å². The Morgan fingerprint density at radius 1 is 1.18 bits per heavy atom. The number of pyridine rings is 2. The fourth-order valence-corrected chi connectivity index (χ4v) is 2.48. The third kappa shape index (κ3) is 3.33. The van der Waals surface area contributed by atoms with Gasteiger partial charge < -0.3 is 14.3 Å². The van der Waals surface area contributed by atoms with Gasteiger partial charge in [-0.15, -0.1) is 12.4 Å². The minimum atomic E-state index is -2.37. The van der Waals surface area contributed by atoms with Crippen LogP contribution in [0, 0.1) is 0 Å². The van der Waals surface area contributed by atoms with Crippen LogP contribution in [0.15, 0.2) is 53.5 Å². The molecule has 22 heavy (non-hydrogen) atoms. The molecule has 0 fully saturated rings. The van der Waals surface area contributed by atoms with Crippen molar-refractivity contribution in [2.24, 2.45) is 0 Å². The van der Waals surface area contributed by atoms with Gasteiger partial charge in [-0.25, -0.2) is 4.98 Å². The van der Waals surface area contributed by atoms with Crippen molar-refractivity contribution in [1.82, 2.24) is 9.97 Å². The van der Waals surface area contributed by atoms with Crippen LogP contribution in [0.2, 0.25) is 0 Å². The number of fused-ring (bicyclic) bond motifs is 1. The number of nitrogens with zero attached hydrogens (tertiary/aromatic N) is 1. The summed E-state index contributed by atoms with van der Waals surface area (Å²) in [6.07, 6.45) is 1.60. The summed E-state index contributed by atoms with van der Waals surface area (Å²) in [5.74, 6) is 0. The molecule has 2 aromatic heterocycles. The van der Waals surface area contributed by atoms with E-state index in [1.54, 1.807) is 30.5 Å². The van der Waals surface area contributed by atoms with E-state index in [0.29, 0.717) is 11.3 Å². The molecule has 0 saturated carbocycles. The van der Waals surface area contributed by atoms with E-state index in [1.807, 2.05) is 12.1 Å². The Morgan fingerprint density at radius 3 is 2.77 bits per heavy atom. The summed E-state index contributed by atoms with van der Waals surface area (Å²) in [6, 6.07) is 11.9. The van der Waals surface area contributed by atoms with E-state index in [-0.39, 0.29) is 18.0 Å². The summed E-state index contributed by atoms with van der Waals surface area (Å²) >= 11 is -2.37. The molecule has 0 spiro atoms. The predicted octanol–water partition coefficient (Wildman–Crippen LogP) is 2.22. The maximum absolute atomic E-state index is 11.3. The molecule has 114 valence electrons. The van der Waals surface area contributed by atoms with E-state index in [9.17, 15) is 13.6 Å². The zero-order chi connectivity index (χ0) is 14.8. The fraction of sp³-hybridized carbons (Fsp3) is 0. The topological polar surface area (TPSA) is 97.9 Å². The molecule has 8 heteroatoms. The third-order valence-corrected chi connectivity index (χ3v) is 3.41. The predicted molar refractivity (Wildman–Crippen MR) is 87.6 cm³/mol. The largest absolute Gasteiger partial charge is 0.755 e. The Hall–Kier alpha value is -2.22. The fourth-order valence-electron chi connectivity index (χ4n) is 2.16. The highest BCUT2D eigenvalue weighted by atomic mass is 35.5. The van der Waals surface area contributed by atoms with Gasteiger partial charge in [-0.2, -0.15) is 0 Å². The summed E-state index contributed by atoms with van der Waals surface area (Å²) in [5.41, 5.74) is 2.42. The molecule has 3 aromatic rings. The van der Waals surface area contributed by atoms with Gasteiger partial charge in [0.2, 0.25) is 5.56 Å². The SMILES string of the molecule is Cl.O=c1ccc2c(-c3cccc(NS(=O)[O-])c3)ccnc2[nH]1. The zero-order valence-electron chi connectivity index (χ0n) is 11.1. The lowest BCUT2D eigenvalue weighted by atomic mass is 10.0. The second kappa shape index (κ2) is 6.69. The Kier molecular flexibility index (Phi) is 4.92. The second-order valence-electron chi connectivity index (χ2n) is 4.36. The Labute approximate surface area is 134 Å². The summed E-state index contributed by atoms with van der Waals surface area (Å²) in [5, 5.41) is 0.789.